The van der Waals surface area contributed by atoms with Gasteiger partial charge in [-0.3, -0.25) is 15.0 Å². The fourth-order valence-electron chi connectivity index (χ4n) is 4.48. The number of aromatic amines is 1. The number of likely N-dealkylation sites (tertiary alicyclic amines) is 1. The molecule has 1 aliphatic rings. The summed E-state index contributed by atoms with van der Waals surface area (Å²) in [5.41, 5.74) is 4.04. The van der Waals surface area contributed by atoms with Crippen molar-refractivity contribution < 1.29 is 9.13 Å². The van der Waals surface area contributed by atoms with Gasteiger partial charge in [0, 0.05) is 56.8 Å². The number of benzene rings is 1. The maximum atomic E-state index is 13.8. The van der Waals surface area contributed by atoms with Crippen molar-refractivity contribution in [1.29, 1.82) is 0 Å². The lowest BCUT2D eigenvalue weighted by Crippen LogP contribution is -2.39. The van der Waals surface area contributed by atoms with E-state index in [0.29, 0.717) is 5.92 Å². The lowest BCUT2D eigenvalue weighted by Gasteiger charge is -2.35. The van der Waals surface area contributed by atoms with Crippen molar-refractivity contribution in [3.05, 3.63) is 71.9 Å². The number of ether oxygens (including phenoxy) is 1. The molecule has 1 saturated heterocycles. The topological polar surface area (TPSA) is 57.3 Å². The maximum absolute atomic E-state index is 13.8. The summed E-state index contributed by atoms with van der Waals surface area (Å²) in [5.74, 6) is 0.414. The molecule has 6 nitrogen and oxygen atoms in total. The van der Waals surface area contributed by atoms with Crippen molar-refractivity contribution >= 4 is 0 Å². The minimum Gasteiger partial charge on any atom is -0.383 e. The molecule has 0 unspecified atom stereocenters. The van der Waals surface area contributed by atoms with Gasteiger partial charge in [-0.15, -0.1) is 0 Å². The van der Waals surface area contributed by atoms with Gasteiger partial charge in [-0.2, -0.15) is 5.10 Å². The van der Waals surface area contributed by atoms with Crippen LogP contribution in [0.25, 0.3) is 11.3 Å². The molecule has 1 aliphatic heterocycles. The zero-order valence-corrected chi connectivity index (χ0v) is 18.7. The highest BCUT2D eigenvalue weighted by Gasteiger charge is 2.22. The van der Waals surface area contributed by atoms with Crippen LogP contribution in [0.2, 0.25) is 0 Å². The molecule has 0 atom stereocenters. The number of pyridine rings is 1. The summed E-state index contributed by atoms with van der Waals surface area (Å²) in [6.07, 6.45) is 7.94. The molecule has 3 heterocycles. The van der Waals surface area contributed by atoms with E-state index in [1.165, 1.54) is 24.5 Å². The normalized spacial score (nSPS) is 15.5. The number of piperidine rings is 1. The molecular weight excluding hydrogens is 405 g/mol. The molecule has 32 heavy (non-hydrogen) atoms. The van der Waals surface area contributed by atoms with Crippen LogP contribution in [0.15, 0.2) is 55.0 Å². The predicted molar refractivity (Wildman–Crippen MR) is 123 cm³/mol. The number of aromatic nitrogens is 3. The molecular formula is C25H32FN5O. The number of H-pyrrole nitrogens is 1. The first-order valence-corrected chi connectivity index (χ1v) is 11.3. The van der Waals surface area contributed by atoms with Gasteiger partial charge in [0.25, 0.3) is 0 Å². The highest BCUT2D eigenvalue weighted by atomic mass is 19.1. The Bertz CT molecular complexity index is 956. The van der Waals surface area contributed by atoms with E-state index >= 15 is 0 Å². The quantitative estimate of drug-likeness (QED) is 0.520. The van der Waals surface area contributed by atoms with E-state index in [1.54, 1.807) is 19.2 Å². The Morgan fingerprint density at radius 2 is 1.97 bits per heavy atom. The van der Waals surface area contributed by atoms with Gasteiger partial charge in [0.2, 0.25) is 0 Å². The summed E-state index contributed by atoms with van der Waals surface area (Å²) in [6.45, 7) is 6.68. The number of nitrogens with zero attached hydrogens (tertiary/aromatic N) is 4. The highest BCUT2D eigenvalue weighted by molar-refractivity contribution is 5.62. The molecule has 0 spiro atoms. The molecule has 0 radical (unpaired) electrons. The van der Waals surface area contributed by atoms with Crippen molar-refractivity contribution in [2.75, 3.05) is 39.9 Å². The van der Waals surface area contributed by atoms with Crippen LogP contribution in [0.5, 0.6) is 0 Å². The Labute approximate surface area is 189 Å². The van der Waals surface area contributed by atoms with Crippen molar-refractivity contribution in [3.63, 3.8) is 0 Å². The average Bonchev–Trinajstić information content (AvgIpc) is 3.27. The summed E-state index contributed by atoms with van der Waals surface area (Å²) in [6, 6.07) is 10.8. The van der Waals surface area contributed by atoms with E-state index in [1.807, 2.05) is 24.7 Å². The number of nitrogens with one attached hydrogen (secondary N) is 1. The van der Waals surface area contributed by atoms with Gasteiger partial charge in [0.05, 0.1) is 18.5 Å². The molecule has 7 heteroatoms. The summed E-state index contributed by atoms with van der Waals surface area (Å²) in [7, 11) is 1.76. The van der Waals surface area contributed by atoms with Crippen LogP contribution >= 0.6 is 0 Å². The van der Waals surface area contributed by atoms with E-state index in [9.17, 15) is 4.39 Å². The number of methoxy groups -OCH3 is 1. The van der Waals surface area contributed by atoms with Gasteiger partial charge in [0.1, 0.15) is 5.82 Å². The zero-order chi connectivity index (χ0) is 22.2. The average molecular weight is 438 g/mol. The minimum absolute atomic E-state index is 0.239. The lowest BCUT2D eigenvalue weighted by atomic mass is 9.95. The van der Waals surface area contributed by atoms with Crippen molar-refractivity contribution in [2.24, 2.45) is 5.92 Å². The van der Waals surface area contributed by atoms with Gasteiger partial charge >= 0.3 is 0 Å². The van der Waals surface area contributed by atoms with Gasteiger partial charge < -0.3 is 9.64 Å². The van der Waals surface area contributed by atoms with E-state index in [0.717, 1.165) is 62.7 Å². The standard InChI is InChI=1S/C25H32FN5O/c1-32-14-13-30-11-7-21(8-12-30)18-31(17-20-5-9-27-10-6-20)19-23-16-28-29-25(23)22-3-2-4-24(26)15-22/h2-6,9-10,15-16,21H,7-8,11-14,17-19H2,1H3,(H,28,29). The fraction of sp³-hybridized carbons (Fsp3) is 0.440. The third-order valence-corrected chi connectivity index (χ3v) is 6.22. The van der Waals surface area contributed by atoms with Gasteiger partial charge in [0.15, 0.2) is 0 Å². The molecule has 3 aromatic rings. The molecule has 2 aromatic heterocycles. The van der Waals surface area contributed by atoms with Crippen molar-refractivity contribution in [2.45, 2.75) is 25.9 Å². The second kappa shape index (κ2) is 11.3. The smallest absolute Gasteiger partial charge is 0.123 e. The Hall–Kier alpha value is -2.61. The zero-order valence-electron chi connectivity index (χ0n) is 18.7. The number of halogens is 1. The van der Waals surface area contributed by atoms with Gasteiger partial charge in [-0.1, -0.05) is 12.1 Å². The largest absolute Gasteiger partial charge is 0.383 e. The molecule has 170 valence electrons. The number of rotatable bonds is 10. The molecule has 4 rings (SSSR count). The highest BCUT2D eigenvalue weighted by Crippen LogP contribution is 2.25. The van der Waals surface area contributed by atoms with Crippen LogP contribution in [0, 0.1) is 11.7 Å². The van der Waals surface area contributed by atoms with Crippen LogP contribution in [0.3, 0.4) is 0 Å². The molecule has 0 bridgehead atoms. The van der Waals surface area contributed by atoms with Crippen LogP contribution in [-0.4, -0.2) is 64.9 Å². The summed E-state index contributed by atoms with van der Waals surface area (Å²) >= 11 is 0. The van der Waals surface area contributed by atoms with Gasteiger partial charge in [-0.25, -0.2) is 4.39 Å². The Morgan fingerprint density at radius 1 is 1.16 bits per heavy atom. The lowest BCUT2D eigenvalue weighted by molar-refractivity contribution is 0.104. The first kappa shape index (κ1) is 22.6. The van der Waals surface area contributed by atoms with Crippen LogP contribution in [0.4, 0.5) is 4.39 Å². The van der Waals surface area contributed by atoms with Crippen LogP contribution in [-0.2, 0) is 17.8 Å². The second-order valence-electron chi connectivity index (χ2n) is 8.58. The Morgan fingerprint density at radius 3 is 2.72 bits per heavy atom. The molecule has 0 amide bonds. The Kier molecular flexibility index (Phi) is 7.98. The summed E-state index contributed by atoms with van der Waals surface area (Å²) in [4.78, 5) is 9.13. The van der Waals surface area contributed by atoms with Crippen molar-refractivity contribution in [1.82, 2.24) is 25.0 Å². The first-order chi connectivity index (χ1) is 15.7. The third kappa shape index (κ3) is 6.22. The molecule has 0 saturated carbocycles. The maximum Gasteiger partial charge on any atom is 0.123 e. The van der Waals surface area contributed by atoms with E-state index in [-0.39, 0.29) is 5.82 Å². The summed E-state index contributed by atoms with van der Waals surface area (Å²) in [5, 5.41) is 7.35. The van der Waals surface area contributed by atoms with E-state index in [2.05, 4.69) is 37.1 Å². The van der Waals surface area contributed by atoms with E-state index in [4.69, 9.17) is 4.74 Å². The second-order valence-corrected chi connectivity index (χ2v) is 8.58. The van der Waals surface area contributed by atoms with Crippen LogP contribution < -0.4 is 0 Å². The molecule has 1 fully saturated rings. The molecule has 0 aliphatic carbocycles. The number of hydrogen-bond acceptors (Lipinski definition) is 5. The molecule has 1 aromatic carbocycles. The van der Waals surface area contributed by atoms with E-state index < -0.39 is 0 Å². The fourth-order valence-corrected chi connectivity index (χ4v) is 4.48. The van der Waals surface area contributed by atoms with Crippen molar-refractivity contribution in [3.8, 4) is 11.3 Å². The molecule has 1 N–H and O–H groups in total. The third-order valence-electron chi connectivity index (χ3n) is 6.22. The minimum atomic E-state index is -0.239. The first-order valence-electron chi connectivity index (χ1n) is 11.3. The monoisotopic (exact) mass is 437 g/mol. The number of hydrogen-bond donors (Lipinski definition) is 1. The summed E-state index contributed by atoms with van der Waals surface area (Å²) < 4.78 is 19.0. The SMILES string of the molecule is COCCN1CCC(CN(Cc2ccncc2)Cc2cn[nH]c2-c2cccc(F)c2)CC1. The van der Waals surface area contributed by atoms with Crippen LogP contribution in [0.1, 0.15) is 24.0 Å². The Balaban J connectivity index is 1.46. The van der Waals surface area contributed by atoms with Gasteiger partial charge in [-0.05, 0) is 61.7 Å². The predicted octanol–water partition coefficient (Wildman–Crippen LogP) is 3.97.